The number of nitrogens with one attached hydrogen (secondary N) is 1. The normalized spacial score (nSPS) is 10.1. The van der Waals surface area contributed by atoms with Crippen molar-refractivity contribution >= 4 is 17.5 Å². The second kappa shape index (κ2) is 4.28. The molecule has 0 fully saturated rings. The fourth-order valence-electron chi connectivity index (χ4n) is 0.959. The maximum atomic E-state index is 10.8. The van der Waals surface area contributed by atoms with Gasteiger partial charge in [0.25, 0.3) is 0 Å². The molecule has 0 aliphatic carbocycles. The van der Waals surface area contributed by atoms with Gasteiger partial charge in [-0.3, -0.25) is 9.48 Å². The van der Waals surface area contributed by atoms with Crippen LogP contribution in [0.25, 0.3) is 0 Å². The Kier molecular flexibility index (Phi) is 3.31. The molecule has 1 aromatic rings. The van der Waals surface area contributed by atoms with Gasteiger partial charge >= 0.3 is 0 Å². The molecule has 0 saturated heterocycles. The molecule has 0 spiro atoms. The molecule has 5 heteroatoms. The fourth-order valence-corrected chi connectivity index (χ4v) is 1.05. The second-order valence-electron chi connectivity index (χ2n) is 2.79. The lowest BCUT2D eigenvalue weighted by Crippen LogP contribution is -2.23. The summed E-state index contributed by atoms with van der Waals surface area (Å²) in [5, 5.41) is 6.73. The lowest BCUT2D eigenvalue weighted by Gasteiger charge is -2.01. The quantitative estimate of drug-likeness (QED) is 0.728. The zero-order valence-electron chi connectivity index (χ0n) is 7.67. The predicted octanol–water partition coefficient (Wildman–Crippen LogP) is 0.584. The molecule has 0 atom stereocenters. The Morgan fingerprint density at radius 3 is 2.92 bits per heavy atom. The van der Waals surface area contributed by atoms with Crippen molar-refractivity contribution in [1.29, 1.82) is 0 Å². The van der Waals surface area contributed by atoms with Crippen molar-refractivity contribution in [3.05, 3.63) is 17.5 Å². The number of alkyl halides is 1. The van der Waals surface area contributed by atoms with Crippen LogP contribution in [0.15, 0.2) is 6.20 Å². The van der Waals surface area contributed by atoms with Gasteiger partial charge in [-0.05, 0) is 6.92 Å². The molecule has 0 unspecified atom stereocenters. The molecule has 0 radical (unpaired) electrons. The van der Waals surface area contributed by atoms with Crippen LogP contribution in [0.5, 0.6) is 0 Å². The first-order chi connectivity index (χ1) is 6.15. The third-order valence-corrected chi connectivity index (χ3v) is 2.18. The molecule has 1 amide bonds. The van der Waals surface area contributed by atoms with E-state index >= 15 is 0 Å². The van der Waals surface area contributed by atoms with Gasteiger partial charge in [0.2, 0.25) is 5.91 Å². The van der Waals surface area contributed by atoms with Crippen LogP contribution >= 0.6 is 11.6 Å². The van der Waals surface area contributed by atoms with Gasteiger partial charge in [-0.2, -0.15) is 5.10 Å². The molecule has 1 aromatic heterocycles. The van der Waals surface area contributed by atoms with E-state index in [0.717, 1.165) is 11.3 Å². The van der Waals surface area contributed by atoms with Gasteiger partial charge in [0.1, 0.15) is 5.88 Å². The summed E-state index contributed by atoms with van der Waals surface area (Å²) >= 11 is 5.33. The lowest BCUT2D eigenvalue weighted by atomic mass is 10.2. The van der Waals surface area contributed by atoms with Crippen molar-refractivity contribution < 1.29 is 4.79 Å². The highest BCUT2D eigenvalue weighted by Crippen LogP contribution is 2.04. The molecule has 4 nitrogen and oxygen atoms in total. The molecular weight excluding hydrogens is 190 g/mol. The van der Waals surface area contributed by atoms with E-state index in [1.807, 2.05) is 14.0 Å². The monoisotopic (exact) mass is 201 g/mol. The number of aromatic nitrogens is 2. The first kappa shape index (κ1) is 10.1. The summed E-state index contributed by atoms with van der Waals surface area (Å²) in [4.78, 5) is 10.8. The van der Waals surface area contributed by atoms with E-state index in [-0.39, 0.29) is 11.8 Å². The van der Waals surface area contributed by atoms with Crippen LogP contribution in [0.2, 0.25) is 0 Å². The summed E-state index contributed by atoms with van der Waals surface area (Å²) in [5.41, 5.74) is 2.07. The molecule has 0 bridgehead atoms. The Labute approximate surface area is 81.9 Å². The highest BCUT2D eigenvalue weighted by Gasteiger charge is 2.04. The number of carbonyl (C=O) groups excluding carboxylic acids is 1. The Morgan fingerprint density at radius 1 is 1.77 bits per heavy atom. The first-order valence-corrected chi connectivity index (χ1v) is 4.48. The van der Waals surface area contributed by atoms with Gasteiger partial charge in [-0.1, -0.05) is 0 Å². The predicted molar refractivity (Wildman–Crippen MR) is 50.5 cm³/mol. The van der Waals surface area contributed by atoms with E-state index in [0.29, 0.717) is 6.54 Å². The lowest BCUT2D eigenvalue weighted by molar-refractivity contribution is -0.118. The van der Waals surface area contributed by atoms with Crippen molar-refractivity contribution in [2.24, 2.45) is 7.05 Å². The van der Waals surface area contributed by atoms with Crippen LogP contribution in [0.1, 0.15) is 11.3 Å². The SMILES string of the molecule is Cc1c(CNC(=O)CCl)cnn1C. The summed E-state index contributed by atoms with van der Waals surface area (Å²) in [6.45, 7) is 2.44. The Bertz CT molecular complexity index is 308. The molecule has 0 aliphatic heterocycles. The average molecular weight is 202 g/mol. The third-order valence-electron chi connectivity index (χ3n) is 1.93. The first-order valence-electron chi connectivity index (χ1n) is 3.95. The Hall–Kier alpha value is -1.03. The smallest absolute Gasteiger partial charge is 0.235 e. The summed E-state index contributed by atoms with van der Waals surface area (Å²) in [6.07, 6.45) is 1.74. The van der Waals surface area contributed by atoms with Gasteiger partial charge in [0, 0.05) is 24.8 Å². The molecule has 0 saturated carbocycles. The Balaban J connectivity index is 2.55. The van der Waals surface area contributed by atoms with Gasteiger partial charge in [-0.25, -0.2) is 0 Å². The molecule has 1 heterocycles. The van der Waals surface area contributed by atoms with Gasteiger partial charge < -0.3 is 5.32 Å². The van der Waals surface area contributed by atoms with Gasteiger partial charge in [-0.15, -0.1) is 11.6 Å². The minimum Gasteiger partial charge on any atom is -0.351 e. The van der Waals surface area contributed by atoms with Crippen molar-refractivity contribution in [3.63, 3.8) is 0 Å². The molecular formula is C8H12ClN3O. The van der Waals surface area contributed by atoms with Gasteiger partial charge in [0.15, 0.2) is 0 Å². The Morgan fingerprint density at radius 2 is 2.46 bits per heavy atom. The topological polar surface area (TPSA) is 46.9 Å². The van der Waals surface area contributed by atoms with Crippen molar-refractivity contribution in [3.8, 4) is 0 Å². The number of nitrogens with zero attached hydrogens (tertiary/aromatic N) is 2. The number of aryl methyl sites for hydroxylation is 1. The minimum atomic E-state index is -0.162. The number of rotatable bonds is 3. The number of hydrogen-bond donors (Lipinski definition) is 1. The van der Waals surface area contributed by atoms with Crippen molar-refractivity contribution in [1.82, 2.24) is 15.1 Å². The number of halogens is 1. The zero-order chi connectivity index (χ0) is 9.84. The molecule has 0 aliphatic rings. The van der Waals surface area contributed by atoms with E-state index in [1.54, 1.807) is 10.9 Å². The maximum absolute atomic E-state index is 10.8. The summed E-state index contributed by atoms with van der Waals surface area (Å²) in [6, 6.07) is 0. The second-order valence-corrected chi connectivity index (χ2v) is 3.06. The number of amides is 1. The highest BCUT2D eigenvalue weighted by molar-refractivity contribution is 6.27. The van der Waals surface area contributed by atoms with E-state index in [9.17, 15) is 4.79 Å². The highest BCUT2D eigenvalue weighted by atomic mass is 35.5. The summed E-state index contributed by atoms with van der Waals surface area (Å²) < 4.78 is 1.77. The molecule has 1 rings (SSSR count). The van der Waals surface area contributed by atoms with E-state index < -0.39 is 0 Å². The van der Waals surface area contributed by atoms with Crippen LogP contribution in [0, 0.1) is 6.92 Å². The summed E-state index contributed by atoms with van der Waals surface area (Å²) in [7, 11) is 1.86. The zero-order valence-corrected chi connectivity index (χ0v) is 8.43. The number of hydrogen-bond acceptors (Lipinski definition) is 2. The third kappa shape index (κ3) is 2.45. The van der Waals surface area contributed by atoms with E-state index in [4.69, 9.17) is 11.6 Å². The van der Waals surface area contributed by atoms with Crippen LogP contribution in [0.4, 0.5) is 0 Å². The molecule has 72 valence electrons. The molecule has 13 heavy (non-hydrogen) atoms. The van der Waals surface area contributed by atoms with Crippen LogP contribution in [0.3, 0.4) is 0 Å². The standard InChI is InChI=1S/C8H12ClN3O/c1-6-7(5-11-12(6)2)4-10-8(13)3-9/h5H,3-4H2,1-2H3,(H,10,13). The van der Waals surface area contributed by atoms with Crippen LogP contribution < -0.4 is 5.32 Å². The number of carbonyl (C=O) groups is 1. The van der Waals surface area contributed by atoms with Crippen LogP contribution in [-0.2, 0) is 18.4 Å². The van der Waals surface area contributed by atoms with Crippen molar-refractivity contribution in [2.45, 2.75) is 13.5 Å². The fraction of sp³-hybridized carbons (Fsp3) is 0.500. The average Bonchev–Trinajstić information content (AvgIpc) is 2.44. The minimum absolute atomic E-state index is 0.000685. The summed E-state index contributed by atoms with van der Waals surface area (Å²) in [5.74, 6) is -0.163. The van der Waals surface area contributed by atoms with E-state index in [2.05, 4.69) is 10.4 Å². The van der Waals surface area contributed by atoms with Crippen molar-refractivity contribution in [2.75, 3.05) is 5.88 Å². The van der Waals surface area contributed by atoms with Crippen LogP contribution in [-0.4, -0.2) is 21.6 Å². The maximum Gasteiger partial charge on any atom is 0.235 e. The van der Waals surface area contributed by atoms with E-state index in [1.165, 1.54) is 0 Å². The van der Waals surface area contributed by atoms with Gasteiger partial charge in [0.05, 0.1) is 6.20 Å². The molecule has 0 aromatic carbocycles. The molecule has 1 N–H and O–H groups in total. The largest absolute Gasteiger partial charge is 0.351 e.